The molecule has 3 heteroatoms. The number of ketones is 1. The zero-order chi connectivity index (χ0) is 13.8. The summed E-state index contributed by atoms with van der Waals surface area (Å²) in [5.41, 5.74) is 3.57. The summed E-state index contributed by atoms with van der Waals surface area (Å²) < 4.78 is 5.29. The average molecular weight is 255 g/mol. The third-order valence-corrected chi connectivity index (χ3v) is 3.02. The fourth-order valence-electron chi connectivity index (χ4n) is 1.95. The molecule has 1 aromatic carbocycles. The maximum Gasteiger partial charge on any atom is 0.168 e. The van der Waals surface area contributed by atoms with Crippen molar-refractivity contribution in [2.45, 2.75) is 20.3 Å². The lowest BCUT2D eigenvalue weighted by Gasteiger charge is -2.09. The normalized spacial score (nSPS) is 10.3. The number of carbonyl (C=O) groups is 1. The van der Waals surface area contributed by atoms with Gasteiger partial charge >= 0.3 is 0 Å². The van der Waals surface area contributed by atoms with Gasteiger partial charge in [0.1, 0.15) is 5.75 Å². The first kappa shape index (κ1) is 13.3. The first-order valence-electron chi connectivity index (χ1n) is 6.19. The van der Waals surface area contributed by atoms with Crippen LogP contribution in [0, 0.1) is 13.8 Å². The Hall–Kier alpha value is -2.16. The summed E-state index contributed by atoms with van der Waals surface area (Å²) in [4.78, 5) is 16.4. The molecule has 0 radical (unpaired) electrons. The van der Waals surface area contributed by atoms with Gasteiger partial charge < -0.3 is 4.74 Å². The lowest BCUT2D eigenvalue weighted by molar-refractivity contribution is 0.0991. The van der Waals surface area contributed by atoms with Gasteiger partial charge in [0.2, 0.25) is 0 Å². The number of aryl methyl sites for hydroxylation is 2. The Labute approximate surface area is 113 Å². The number of benzene rings is 1. The largest absolute Gasteiger partial charge is 0.496 e. The van der Waals surface area contributed by atoms with E-state index < -0.39 is 0 Å². The third kappa shape index (κ3) is 3.19. The van der Waals surface area contributed by atoms with Crippen LogP contribution in [0.5, 0.6) is 5.75 Å². The molecule has 1 heterocycles. The van der Waals surface area contributed by atoms with Crippen LogP contribution in [0.2, 0.25) is 0 Å². The van der Waals surface area contributed by atoms with E-state index in [1.807, 2.05) is 44.2 Å². The van der Waals surface area contributed by atoms with Crippen LogP contribution in [0.4, 0.5) is 0 Å². The van der Waals surface area contributed by atoms with E-state index in [0.717, 1.165) is 22.6 Å². The number of methoxy groups -OCH3 is 1. The molecular weight excluding hydrogens is 238 g/mol. The van der Waals surface area contributed by atoms with Gasteiger partial charge in [-0.3, -0.25) is 9.78 Å². The molecule has 0 spiro atoms. The Bertz CT molecular complexity index is 588. The van der Waals surface area contributed by atoms with Crippen LogP contribution in [0.3, 0.4) is 0 Å². The first-order chi connectivity index (χ1) is 9.10. The quantitative estimate of drug-likeness (QED) is 0.788. The fourth-order valence-corrected chi connectivity index (χ4v) is 1.95. The Kier molecular flexibility index (Phi) is 3.95. The van der Waals surface area contributed by atoms with Gasteiger partial charge in [-0.25, -0.2) is 0 Å². The van der Waals surface area contributed by atoms with Crippen molar-refractivity contribution in [2.75, 3.05) is 7.11 Å². The van der Waals surface area contributed by atoms with E-state index in [-0.39, 0.29) is 5.78 Å². The van der Waals surface area contributed by atoms with Crippen LogP contribution in [0.15, 0.2) is 36.5 Å². The third-order valence-electron chi connectivity index (χ3n) is 3.02. The van der Waals surface area contributed by atoms with Crippen LogP contribution < -0.4 is 4.74 Å². The molecule has 0 saturated carbocycles. The van der Waals surface area contributed by atoms with Gasteiger partial charge in [0.15, 0.2) is 5.78 Å². The van der Waals surface area contributed by atoms with Crippen molar-refractivity contribution >= 4 is 5.78 Å². The summed E-state index contributed by atoms with van der Waals surface area (Å²) >= 11 is 0. The molecule has 2 rings (SSSR count). The summed E-state index contributed by atoms with van der Waals surface area (Å²) in [6.45, 7) is 3.90. The minimum absolute atomic E-state index is 0.0522. The number of aromatic nitrogens is 1. The lowest BCUT2D eigenvalue weighted by atomic mass is 10.0. The number of pyridine rings is 1. The summed E-state index contributed by atoms with van der Waals surface area (Å²) in [5, 5.41) is 0. The number of ether oxygens (including phenoxy) is 1. The van der Waals surface area contributed by atoms with Gasteiger partial charge in [-0.15, -0.1) is 0 Å². The van der Waals surface area contributed by atoms with E-state index in [9.17, 15) is 4.79 Å². The molecular formula is C16H17NO2. The van der Waals surface area contributed by atoms with Crippen molar-refractivity contribution in [1.29, 1.82) is 0 Å². The molecule has 19 heavy (non-hydrogen) atoms. The van der Waals surface area contributed by atoms with Crippen LogP contribution in [-0.4, -0.2) is 17.9 Å². The number of carbonyl (C=O) groups excluding carboxylic acids is 1. The molecule has 0 fully saturated rings. The first-order valence-corrected chi connectivity index (χ1v) is 6.19. The van der Waals surface area contributed by atoms with Crippen LogP contribution in [-0.2, 0) is 6.42 Å². The standard InChI is InChI=1S/C16H17NO2/c1-11-4-7-16(19-3)14(8-11)9-15(18)13-6-5-12(2)17-10-13/h4-8,10H,9H2,1-3H3. The molecule has 0 unspecified atom stereocenters. The van der Waals surface area contributed by atoms with Gasteiger partial charge in [0.05, 0.1) is 7.11 Å². The lowest BCUT2D eigenvalue weighted by Crippen LogP contribution is -2.06. The molecule has 3 nitrogen and oxygen atoms in total. The molecule has 0 saturated heterocycles. The predicted octanol–water partition coefficient (Wildman–Crippen LogP) is 3.13. The smallest absolute Gasteiger partial charge is 0.168 e. The molecule has 0 aliphatic rings. The summed E-state index contributed by atoms with van der Waals surface area (Å²) in [7, 11) is 1.62. The van der Waals surface area contributed by atoms with Gasteiger partial charge in [0.25, 0.3) is 0 Å². The number of hydrogen-bond acceptors (Lipinski definition) is 3. The van der Waals surface area contributed by atoms with E-state index in [2.05, 4.69) is 4.98 Å². The predicted molar refractivity (Wildman–Crippen MR) is 74.7 cm³/mol. The van der Waals surface area contributed by atoms with Gasteiger partial charge in [-0.2, -0.15) is 0 Å². The highest BCUT2D eigenvalue weighted by atomic mass is 16.5. The van der Waals surface area contributed by atoms with Crippen LogP contribution in [0.1, 0.15) is 27.2 Å². The van der Waals surface area contributed by atoms with E-state index >= 15 is 0 Å². The van der Waals surface area contributed by atoms with Crippen LogP contribution >= 0.6 is 0 Å². The average Bonchev–Trinajstić information content (AvgIpc) is 2.39. The zero-order valence-corrected chi connectivity index (χ0v) is 11.4. The molecule has 2 aromatic rings. The number of hydrogen-bond donors (Lipinski definition) is 0. The topological polar surface area (TPSA) is 39.2 Å². The Morgan fingerprint density at radius 3 is 2.63 bits per heavy atom. The van der Waals surface area contributed by atoms with E-state index in [1.54, 1.807) is 13.3 Å². The zero-order valence-electron chi connectivity index (χ0n) is 11.4. The Balaban J connectivity index is 2.23. The molecule has 0 aliphatic carbocycles. The SMILES string of the molecule is COc1ccc(C)cc1CC(=O)c1ccc(C)nc1. The van der Waals surface area contributed by atoms with E-state index in [1.165, 1.54) is 0 Å². The van der Waals surface area contributed by atoms with Crippen molar-refractivity contribution in [1.82, 2.24) is 4.98 Å². The monoisotopic (exact) mass is 255 g/mol. The molecule has 0 N–H and O–H groups in total. The minimum Gasteiger partial charge on any atom is -0.496 e. The number of rotatable bonds is 4. The maximum absolute atomic E-state index is 12.2. The van der Waals surface area contributed by atoms with Crippen molar-refractivity contribution in [3.05, 3.63) is 58.9 Å². The van der Waals surface area contributed by atoms with Gasteiger partial charge in [-0.1, -0.05) is 17.7 Å². The molecule has 0 atom stereocenters. The summed E-state index contributed by atoms with van der Waals surface area (Å²) in [6, 6.07) is 9.51. The van der Waals surface area contributed by atoms with Crippen LogP contribution in [0.25, 0.3) is 0 Å². The molecule has 98 valence electrons. The van der Waals surface area contributed by atoms with Crippen molar-refractivity contribution < 1.29 is 9.53 Å². The highest BCUT2D eigenvalue weighted by Gasteiger charge is 2.11. The summed E-state index contributed by atoms with van der Waals surface area (Å²) in [5.74, 6) is 0.801. The molecule has 0 amide bonds. The summed E-state index contributed by atoms with van der Waals surface area (Å²) in [6.07, 6.45) is 1.95. The van der Waals surface area contributed by atoms with E-state index in [0.29, 0.717) is 12.0 Å². The Morgan fingerprint density at radius 2 is 2.00 bits per heavy atom. The maximum atomic E-state index is 12.2. The molecule has 1 aromatic heterocycles. The fraction of sp³-hybridized carbons (Fsp3) is 0.250. The number of nitrogens with zero attached hydrogens (tertiary/aromatic N) is 1. The van der Waals surface area contributed by atoms with Crippen molar-refractivity contribution in [2.24, 2.45) is 0 Å². The number of Topliss-reactive ketones (excluding diaryl/α,β-unsaturated/α-hetero) is 1. The second-order valence-corrected chi connectivity index (χ2v) is 4.60. The van der Waals surface area contributed by atoms with E-state index in [4.69, 9.17) is 4.74 Å². The highest BCUT2D eigenvalue weighted by molar-refractivity contribution is 5.97. The Morgan fingerprint density at radius 1 is 1.21 bits per heavy atom. The van der Waals surface area contributed by atoms with Gasteiger partial charge in [0, 0.05) is 29.4 Å². The second-order valence-electron chi connectivity index (χ2n) is 4.60. The van der Waals surface area contributed by atoms with Gasteiger partial charge in [-0.05, 0) is 32.0 Å². The van der Waals surface area contributed by atoms with Crippen molar-refractivity contribution in [3.63, 3.8) is 0 Å². The second kappa shape index (κ2) is 5.65. The minimum atomic E-state index is 0.0522. The highest BCUT2D eigenvalue weighted by Crippen LogP contribution is 2.21. The van der Waals surface area contributed by atoms with Crippen molar-refractivity contribution in [3.8, 4) is 5.75 Å². The molecule has 0 bridgehead atoms. The molecule has 0 aliphatic heterocycles.